The first-order valence-corrected chi connectivity index (χ1v) is 11.5. The SMILES string of the molecule is COc1cccc(O[C@H](C)C(=O)Nc2ccc(S(=O)(=O)Nc3cc(C)ccc3C)cc2)c1. The smallest absolute Gasteiger partial charge is 0.265 e. The highest BCUT2D eigenvalue weighted by Crippen LogP contribution is 2.23. The molecule has 0 saturated carbocycles. The second-order valence-electron chi connectivity index (χ2n) is 7.38. The monoisotopic (exact) mass is 454 g/mol. The Morgan fingerprint density at radius 1 is 0.938 bits per heavy atom. The van der Waals surface area contributed by atoms with Gasteiger partial charge in [0.1, 0.15) is 11.5 Å². The number of carbonyl (C=O) groups excluding carboxylic acids is 1. The van der Waals surface area contributed by atoms with E-state index in [1.165, 1.54) is 24.3 Å². The molecule has 0 unspecified atom stereocenters. The lowest BCUT2D eigenvalue weighted by Gasteiger charge is -2.16. The summed E-state index contributed by atoms with van der Waals surface area (Å²) in [5.41, 5.74) is 2.78. The molecule has 3 aromatic carbocycles. The predicted octanol–water partition coefficient (Wildman–Crippen LogP) is 4.52. The normalized spacial score (nSPS) is 12.0. The van der Waals surface area contributed by atoms with Crippen LogP contribution in [-0.2, 0) is 14.8 Å². The Labute approximate surface area is 188 Å². The van der Waals surface area contributed by atoms with Gasteiger partial charge in [0.25, 0.3) is 15.9 Å². The summed E-state index contributed by atoms with van der Waals surface area (Å²) < 4.78 is 38.9. The van der Waals surface area contributed by atoms with Crippen LogP contribution in [0.25, 0.3) is 0 Å². The van der Waals surface area contributed by atoms with E-state index in [4.69, 9.17) is 9.47 Å². The molecule has 0 aliphatic heterocycles. The number of nitrogens with one attached hydrogen (secondary N) is 2. The minimum Gasteiger partial charge on any atom is -0.497 e. The van der Waals surface area contributed by atoms with Gasteiger partial charge in [-0.3, -0.25) is 9.52 Å². The molecule has 0 saturated heterocycles. The van der Waals surface area contributed by atoms with Crippen LogP contribution in [0.2, 0.25) is 0 Å². The van der Waals surface area contributed by atoms with Crippen LogP contribution in [0.5, 0.6) is 11.5 Å². The van der Waals surface area contributed by atoms with Crippen molar-refractivity contribution in [1.82, 2.24) is 0 Å². The van der Waals surface area contributed by atoms with Crippen LogP contribution in [0.1, 0.15) is 18.1 Å². The summed E-state index contributed by atoms with van der Waals surface area (Å²) in [6.45, 7) is 5.36. The van der Waals surface area contributed by atoms with Gasteiger partial charge in [0.2, 0.25) is 0 Å². The molecular formula is C24H26N2O5S. The summed E-state index contributed by atoms with van der Waals surface area (Å²) in [5.74, 6) is 0.768. The van der Waals surface area contributed by atoms with Crippen LogP contribution in [0.3, 0.4) is 0 Å². The Bertz CT molecular complexity index is 1210. The van der Waals surface area contributed by atoms with Crippen molar-refractivity contribution >= 4 is 27.3 Å². The standard InChI is InChI=1S/C24H26N2O5S/c1-16-8-9-17(2)23(14-16)26-32(28,29)22-12-10-19(11-13-22)25-24(27)18(3)31-21-7-5-6-20(15-21)30-4/h5-15,18,26H,1-4H3,(H,25,27)/t18-/m1/s1. The second kappa shape index (κ2) is 9.74. The lowest BCUT2D eigenvalue weighted by Crippen LogP contribution is -2.30. The summed E-state index contributed by atoms with van der Waals surface area (Å²) in [4.78, 5) is 12.6. The van der Waals surface area contributed by atoms with E-state index >= 15 is 0 Å². The lowest BCUT2D eigenvalue weighted by molar-refractivity contribution is -0.122. The Balaban J connectivity index is 1.65. The fourth-order valence-electron chi connectivity index (χ4n) is 2.94. The molecular weight excluding hydrogens is 428 g/mol. The zero-order valence-electron chi connectivity index (χ0n) is 18.4. The second-order valence-corrected chi connectivity index (χ2v) is 9.06. The van der Waals surface area contributed by atoms with Crippen LogP contribution >= 0.6 is 0 Å². The lowest BCUT2D eigenvalue weighted by atomic mass is 10.1. The van der Waals surface area contributed by atoms with Gasteiger partial charge in [-0.15, -0.1) is 0 Å². The van der Waals surface area contributed by atoms with Crippen molar-refractivity contribution in [3.8, 4) is 11.5 Å². The Kier molecular flexibility index (Phi) is 7.05. The molecule has 3 aromatic rings. The highest BCUT2D eigenvalue weighted by Gasteiger charge is 2.18. The number of anilines is 2. The zero-order chi connectivity index (χ0) is 23.3. The maximum absolute atomic E-state index is 12.7. The molecule has 0 heterocycles. The zero-order valence-corrected chi connectivity index (χ0v) is 19.2. The van der Waals surface area contributed by atoms with Crippen LogP contribution in [-0.4, -0.2) is 27.5 Å². The summed E-state index contributed by atoms with van der Waals surface area (Å²) in [6.07, 6.45) is -0.767. The fourth-order valence-corrected chi connectivity index (χ4v) is 4.06. The number of rotatable bonds is 8. The molecule has 0 aliphatic carbocycles. The number of sulfonamides is 1. The van der Waals surface area contributed by atoms with E-state index in [2.05, 4.69) is 10.0 Å². The number of hydrogen-bond acceptors (Lipinski definition) is 5. The number of carbonyl (C=O) groups is 1. The van der Waals surface area contributed by atoms with Gasteiger partial charge in [-0.25, -0.2) is 8.42 Å². The van der Waals surface area contributed by atoms with Gasteiger partial charge in [-0.05, 0) is 74.4 Å². The molecule has 2 N–H and O–H groups in total. The van der Waals surface area contributed by atoms with E-state index < -0.39 is 16.1 Å². The number of ether oxygens (including phenoxy) is 2. The minimum absolute atomic E-state index is 0.0945. The predicted molar refractivity (Wildman–Crippen MR) is 125 cm³/mol. The van der Waals surface area contributed by atoms with Crippen LogP contribution < -0.4 is 19.5 Å². The van der Waals surface area contributed by atoms with Crippen LogP contribution in [0.15, 0.2) is 71.6 Å². The highest BCUT2D eigenvalue weighted by molar-refractivity contribution is 7.92. The average Bonchev–Trinajstić information content (AvgIpc) is 2.76. The van der Waals surface area contributed by atoms with Crippen molar-refractivity contribution in [2.24, 2.45) is 0 Å². The van der Waals surface area contributed by atoms with E-state index in [1.54, 1.807) is 44.4 Å². The van der Waals surface area contributed by atoms with Crippen molar-refractivity contribution in [2.45, 2.75) is 31.8 Å². The van der Waals surface area contributed by atoms with Gasteiger partial charge in [0.15, 0.2) is 6.10 Å². The number of benzene rings is 3. The van der Waals surface area contributed by atoms with E-state index in [-0.39, 0.29) is 10.8 Å². The largest absolute Gasteiger partial charge is 0.497 e. The summed E-state index contributed by atoms with van der Waals surface area (Å²) in [6, 6.07) is 18.5. The summed E-state index contributed by atoms with van der Waals surface area (Å²) in [5, 5.41) is 2.73. The Hall–Kier alpha value is -3.52. The van der Waals surface area contributed by atoms with Crippen LogP contribution in [0.4, 0.5) is 11.4 Å². The molecule has 8 heteroatoms. The number of aryl methyl sites for hydroxylation is 2. The molecule has 1 amide bonds. The van der Waals surface area contributed by atoms with E-state index in [9.17, 15) is 13.2 Å². The molecule has 0 bridgehead atoms. The molecule has 0 aliphatic rings. The third-order valence-electron chi connectivity index (χ3n) is 4.79. The summed E-state index contributed by atoms with van der Waals surface area (Å²) >= 11 is 0. The maximum Gasteiger partial charge on any atom is 0.265 e. The van der Waals surface area contributed by atoms with Crippen molar-refractivity contribution < 1.29 is 22.7 Å². The quantitative estimate of drug-likeness (QED) is 0.522. The first kappa shape index (κ1) is 23.1. The van der Waals surface area contributed by atoms with Crippen molar-refractivity contribution in [2.75, 3.05) is 17.1 Å². The molecule has 168 valence electrons. The van der Waals surface area contributed by atoms with Gasteiger partial charge in [0.05, 0.1) is 17.7 Å². The Morgan fingerprint density at radius 3 is 2.31 bits per heavy atom. The molecule has 0 spiro atoms. The van der Waals surface area contributed by atoms with Gasteiger partial charge < -0.3 is 14.8 Å². The van der Waals surface area contributed by atoms with Gasteiger partial charge in [-0.2, -0.15) is 0 Å². The third kappa shape index (κ3) is 5.79. The maximum atomic E-state index is 12.7. The number of hydrogen-bond donors (Lipinski definition) is 2. The van der Waals surface area contributed by atoms with Gasteiger partial charge in [0, 0.05) is 11.8 Å². The van der Waals surface area contributed by atoms with Crippen LogP contribution in [0, 0.1) is 13.8 Å². The first-order valence-electron chi connectivity index (χ1n) is 9.99. The van der Waals surface area contributed by atoms with Gasteiger partial charge in [-0.1, -0.05) is 18.2 Å². The number of methoxy groups -OCH3 is 1. The summed E-state index contributed by atoms with van der Waals surface area (Å²) in [7, 11) is -2.21. The van der Waals surface area contributed by atoms with E-state index in [0.29, 0.717) is 22.9 Å². The fraction of sp³-hybridized carbons (Fsp3) is 0.208. The third-order valence-corrected chi connectivity index (χ3v) is 6.17. The molecule has 3 rings (SSSR count). The van der Waals surface area contributed by atoms with E-state index in [1.807, 2.05) is 26.0 Å². The molecule has 32 heavy (non-hydrogen) atoms. The molecule has 7 nitrogen and oxygen atoms in total. The molecule has 1 atom stereocenters. The van der Waals surface area contributed by atoms with Crippen molar-refractivity contribution in [3.63, 3.8) is 0 Å². The molecule has 0 aromatic heterocycles. The van der Waals surface area contributed by atoms with Crippen molar-refractivity contribution in [3.05, 3.63) is 77.9 Å². The Morgan fingerprint density at radius 2 is 1.62 bits per heavy atom. The van der Waals surface area contributed by atoms with Gasteiger partial charge >= 0.3 is 0 Å². The molecule has 0 radical (unpaired) electrons. The average molecular weight is 455 g/mol. The first-order chi connectivity index (χ1) is 15.2. The minimum atomic E-state index is -3.76. The molecule has 0 fully saturated rings. The van der Waals surface area contributed by atoms with E-state index in [0.717, 1.165) is 11.1 Å². The van der Waals surface area contributed by atoms with Crippen molar-refractivity contribution in [1.29, 1.82) is 0 Å². The highest BCUT2D eigenvalue weighted by atomic mass is 32.2. The topological polar surface area (TPSA) is 93.7 Å². The number of amides is 1.